The van der Waals surface area contributed by atoms with E-state index in [9.17, 15) is 4.79 Å². The number of thiocarbonyl (C=S) groups is 1. The minimum absolute atomic E-state index is 0.139. The molecule has 2 aliphatic rings. The van der Waals surface area contributed by atoms with E-state index in [2.05, 4.69) is 22.5 Å². The molecule has 0 radical (unpaired) electrons. The normalized spacial score (nSPS) is 20.3. The quantitative estimate of drug-likeness (QED) is 0.514. The molecule has 1 unspecified atom stereocenters. The van der Waals surface area contributed by atoms with Crippen molar-refractivity contribution in [1.29, 1.82) is 0 Å². The second-order valence-electron chi connectivity index (χ2n) is 8.26. The van der Waals surface area contributed by atoms with Crippen LogP contribution in [-0.2, 0) is 0 Å². The minimum Gasteiger partial charge on any atom is -0.362 e. The second-order valence-corrected chi connectivity index (χ2v) is 8.67. The smallest absolute Gasteiger partial charge is 0.253 e. The number of carbonyl (C=O) groups is 1. The summed E-state index contributed by atoms with van der Waals surface area (Å²) in [7, 11) is 0. The number of benzene rings is 1. The van der Waals surface area contributed by atoms with Gasteiger partial charge < -0.3 is 20.4 Å². The summed E-state index contributed by atoms with van der Waals surface area (Å²) in [5, 5.41) is 7.18. The molecule has 3 rings (SSSR count). The Balaban J connectivity index is 1.37. The lowest BCUT2D eigenvalue weighted by molar-refractivity contribution is 0.0724. The zero-order chi connectivity index (χ0) is 20.5. The van der Waals surface area contributed by atoms with Crippen LogP contribution in [0.2, 0.25) is 0 Å². The summed E-state index contributed by atoms with van der Waals surface area (Å²) in [6, 6.07) is 8.42. The molecular formula is C23H36N4OS. The van der Waals surface area contributed by atoms with Gasteiger partial charge in [0.05, 0.1) is 0 Å². The Labute approximate surface area is 181 Å². The third kappa shape index (κ3) is 6.68. The molecule has 1 aromatic rings. The molecule has 2 fully saturated rings. The summed E-state index contributed by atoms with van der Waals surface area (Å²) in [5.74, 6) is 0.139. The van der Waals surface area contributed by atoms with Gasteiger partial charge in [-0.25, -0.2) is 0 Å². The van der Waals surface area contributed by atoms with Gasteiger partial charge in [-0.15, -0.1) is 0 Å². The molecule has 2 heterocycles. The largest absolute Gasteiger partial charge is 0.362 e. The fourth-order valence-electron chi connectivity index (χ4n) is 4.45. The number of piperidine rings is 2. The first kappa shape index (κ1) is 22.0. The van der Waals surface area contributed by atoms with Crippen LogP contribution in [0.1, 0.15) is 68.6 Å². The van der Waals surface area contributed by atoms with Gasteiger partial charge in [-0.2, -0.15) is 0 Å². The molecule has 2 aliphatic heterocycles. The average molecular weight is 417 g/mol. The van der Waals surface area contributed by atoms with Crippen LogP contribution in [0.25, 0.3) is 0 Å². The SMILES string of the molecule is CCC1CCCCN1CCCNC(=S)Nc1ccc(C(=O)N2CCCCC2)cc1. The van der Waals surface area contributed by atoms with Crippen molar-refractivity contribution in [2.45, 2.75) is 64.3 Å². The van der Waals surface area contributed by atoms with Crippen LogP contribution in [0.5, 0.6) is 0 Å². The Morgan fingerprint density at radius 2 is 1.79 bits per heavy atom. The highest BCUT2D eigenvalue weighted by Gasteiger charge is 2.20. The number of amides is 1. The van der Waals surface area contributed by atoms with E-state index >= 15 is 0 Å². The highest BCUT2D eigenvalue weighted by molar-refractivity contribution is 7.80. The van der Waals surface area contributed by atoms with Crippen LogP contribution in [-0.4, -0.2) is 59.6 Å². The number of nitrogens with one attached hydrogen (secondary N) is 2. The van der Waals surface area contributed by atoms with Crippen molar-refractivity contribution in [2.24, 2.45) is 0 Å². The maximum Gasteiger partial charge on any atom is 0.253 e. The third-order valence-electron chi connectivity index (χ3n) is 6.16. The molecule has 1 atom stereocenters. The predicted molar refractivity (Wildman–Crippen MR) is 125 cm³/mol. The van der Waals surface area contributed by atoms with E-state index in [1.807, 2.05) is 29.2 Å². The lowest BCUT2D eigenvalue weighted by atomic mass is 10.00. The Morgan fingerprint density at radius 1 is 1.07 bits per heavy atom. The van der Waals surface area contributed by atoms with Crippen molar-refractivity contribution < 1.29 is 4.79 Å². The number of nitrogens with zero attached hydrogens (tertiary/aromatic N) is 2. The van der Waals surface area contributed by atoms with E-state index in [4.69, 9.17) is 12.2 Å². The molecule has 1 aromatic carbocycles. The molecule has 5 nitrogen and oxygen atoms in total. The van der Waals surface area contributed by atoms with E-state index in [1.54, 1.807) is 0 Å². The third-order valence-corrected chi connectivity index (χ3v) is 6.41. The Bertz CT molecular complexity index is 657. The molecule has 0 saturated carbocycles. The fraction of sp³-hybridized carbons (Fsp3) is 0.652. The summed E-state index contributed by atoms with van der Waals surface area (Å²) in [6.07, 6.45) is 9.87. The maximum atomic E-state index is 12.5. The van der Waals surface area contributed by atoms with Gasteiger partial charge in [0.2, 0.25) is 0 Å². The molecule has 0 spiro atoms. The maximum absolute atomic E-state index is 12.5. The van der Waals surface area contributed by atoms with E-state index in [-0.39, 0.29) is 5.91 Å². The van der Waals surface area contributed by atoms with Crippen molar-refractivity contribution in [3.05, 3.63) is 29.8 Å². The molecular weight excluding hydrogens is 380 g/mol. The van der Waals surface area contributed by atoms with Crippen LogP contribution < -0.4 is 10.6 Å². The van der Waals surface area contributed by atoms with Gasteiger partial charge in [0, 0.05) is 43.5 Å². The molecule has 0 aromatic heterocycles. The molecule has 2 saturated heterocycles. The number of carbonyl (C=O) groups excluding carboxylic acids is 1. The molecule has 0 bridgehead atoms. The van der Waals surface area contributed by atoms with Gasteiger partial charge in [-0.3, -0.25) is 4.79 Å². The summed E-state index contributed by atoms with van der Waals surface area (Å²) < 4.78 is 0. The van der Waals surface area contributed by atoms with Gasteiger partial charge in [-0.1, -0.05) is 13.3 Å². The van der Waals surface area contributed by atoms with Crippen molar-refractivity contribution in [3.63, 3.8) is 0 Å². The average Bonchev–Trinajstić information content (AvgIpc) is 2.77. The van der Waals surface area contributed by atoms with Gasteiger partial charge in [0.1, 0.15) is 0 Å². The summed E-state index contributed by atoms with van der Waals surface area (Å²) in [4.78, 5) is 17.1. The topological polar surface area (TPSA) is 47.6 Å². The number of likely N-dealkylation sites (tertiary alicyclic amines) is 2. The van der Waals surface area contributed by atoms with Crippen LogP contribution in [0.4, 0.5) is 5.69 Å². The van der Waals surface area contributed by atoms with Crippen molar-refractivity contribution in [3.8, 4) is 0 Å². The number of anilines is 1. The first-order valence-electron chi connectivity index (χ1n) is 11.4. The van der Waals surface area contributed by atoms with E-state index in [0.29, 0.717) is 5.11 Å². The molecule has 6 heteroatoms. The summed E-state index contributed by atoms with van der Waals surface area (Å²) >= 11 is 5.43. The van der Waals surface area contributed by atoms with Crippen LogP contribution in [0, 0.1) is 0 Å². The molecule has 2 N–H and O–H groups in total. The standard InChI is InChI=1S/C23H36N4OS/c1-2-21-9-4-7-15-26(21)18-8-14-24-23(29)25-20-12-10-19(11-13-20)22(28)27-16-5-3-6-17-27/h10-13,21H,2-9,14-18H2,1H3,(H2,24,25,29). The Morgan fingerprint density at radius 3 is 2.52 bits per heavy atom. The monoisotopic (exact) mass is 416 g/mol. The predicted octanol–water partition coefficient (Wildman–Crippen LogP) is 4.25. The molecule has 29 heavy (non-hydrogen) atoms. The Hall–Kier alpha value is -1.66. The highest BCUT2D eigenvalue weighted by atomic mass is 32.1. The number of rotatable bonds is 7. The molecule has 1 amide bonds. The van der Waals surface area contributed by atoms with Crippen LogP contribution in [0.3, 0.4) is 0 Å². The van der Waals surface area contributed by atoms with Crippen molar-refractivity contribution >= 4 is 28.9 Å². The van der Waals surface area contributed by atoms with Gasteiger partial charge in [0.15, 0.2) is 5.11 Å². The van der Waals surface area contributed by atoms with E-state index in [0.717, 1.165) is 62.7 Å². The molecule has 0 aliphatic carbocycles. The van der Waals surface area contributed by atoms with Crippen molar-refractivity contribution in [1.82, 2.24) is 15.1 Å². The van der Waals surface area contributed by atoms with E-state index < -0.39 is 0 Å². The van der Waals surface area contributed by atoms with Gasteiger partial charge in [-0.05, 0) is 88.0 Å². The van der Waals surface area contributed by atoms with E-state index in [1.165, 1.54) is 38.6 Å². The first-order valence-corrected chi connectivity index (χ1v) is 11.8. The number of hydrogen-bond donors (Lipinski definition) is 2. The Kier molecular flexibility index (Phi) is 8.74. The van der Waals surface area contributed by atoms with Crippen LogP contribution in [0.15, 0.2) is 24.3 Å². The molecule has 160 valence electrons. The van der Waals surface area contributed by atoms with Crippen molar-refractivity contribution in [2.75, 3.05) is 38.0 Å². The highest BCUT2D eigenvalue weighted by Crippen LogP contribution is 2.19. The lowest BCUT2D eigenvalue weighted by Crippen LogP contribution is -2.40. The zero-order valence-electron chi connectivity index (χ0n) is 17.8. The second kappa shape index (κ2) is 11.5. The zero-order valence-corrected chi connectivity index (χ0v) is 18.6. The van der Waals surface area contributed by atoms with Gasteiger partial charge >= 0.3 is 0 Å². The number of hydrogen-bond acceptors (Lipinski definition) is 3. The lowest BCUT2D eigenvalue weighted by Gasteiger charge is -2.35. The summed E-state index contributed by atoms with van der Waals surface area (Å²) in [6.45, 7) is 7.31. The summed E-state index contributed by atoms with van der Waals surface area (Å²) in [5.41, 5.74) is 1.67. The van der Waals surface area contributed by atoms with Gasteiger partial charge in [0.25, 0.3) is 5.91 Å². The first-order chi connectivity index (χ1) is 14.2. The van der Waals surface area contributed by atoms with Crippen LogP contribution >= 0.6 is 12.2 Å². The fourth-order valence-corrected chi connectivity index (χ4v) is 4.67. The minimum atomic E-state index is 0.139.